The molecule has 0 bridgehead atoms. The van der Waals surface area contributed by atoms with E-state index in [1.807, 2.05) is 0 Å². The summed E-state index contributed by atoms with van der Waals surface area (Å²) in [5.74, 6) is -1.65. The molecule has 0 fully saturated rings. The van der Waals surface area contributed by atoms with Gasteiger partial charge in [-0.3, -0.25) is 10.1 Å². The third kappa shape index (κ3) is 3.92. The highest BCUT2D eigenvalue weighted by atomic mass is 35.5. The predicted molar refractivity (Wildman–Crippen MR) is 86.9 cm³/mol. The van der Waals surface area contributed by atoms with Gasteiger partial charge in [-0.05, 0) is 13.8 Å². The maximum absolute atomic E-state index is 14.1. The number of nitrogens with two attached hydrogens (primary N) is 1. The Morgan fingerprint density at radius 3 is 2.39 bits per heavy atom. The van der Waals surface area contributed by atoms with Crippen LogP contribution < -0.4 is 10.5 Å². The van der Waals surface area contributed by atoms with E-state index < -0.39 is 11.6 Å². The second-order valence-electron chi connectivity index (χ2n) is 4.62. The van der Waals surface area contributed by atoms with E-state index in [0.717, 1.165) is 12.1 Å². The summed E-state index contributed by atoms with van der Waals surface area (Å²) in [5.41, 5.74) is 5.76. The Morgan fingerprint density at radius 2 is 1.96 bits per heavy atom. The molecule has 2 rings (SSSR count). The molecular formula is C14H16Cl2F2N4O. The maximum atomic E-state index is 14.1. The normalized spacial score (nSPS) is 10.3. The molecule has 5 nitrogen and oxygen atoms in total. The van der Waals surface area contributed by atoms with Gasteiger partial charge in [-0.2, -0.15) is 5.10 Å². The summed E-state index contributed by atoms with van der Waals surface area (Å²) in [7, 11) is 0. The van der Waals surface area contributed by atoms with Gasteiger partial charge in [0.15, 0.2) is 0 Å². The van der Waals surface area contributed by atoms with Gasteiger partial charge >= 0.3 is 0 Å². The number of nitrogens with zero attached hydrogens (tertiary/aromatic N) is 2. The fourth-order valence-corrected chi connectivity index (χ4v) is 2.22. The number of aromatic nitrogens is 2. The smallest absolute Gasteiger partial charge is 0.145 e. The van der Waals surface area contributed by atoms with Gasteiger partial charge < -0.3 is 10.5 Å². The van der Waals surface area contributed by atoms with Crippen LogP contribution in [0.2, 0.25) is 5.02 Å². The Hall–Kier alpha value is -1.86. The minimum absolute atomic E-state index is 0. The van der Waals surface area contributed by atoms with E-state index in [9.17, 15) is 8.78 Å². The molecule has 0 aliphatic rings. The highest BCUT2D eigenvalue weighted by Crippen LogP contribution is 2.24. The van der Waals surface area contributed by atoms with Crippen LogP contribution in [0.3, 0.4) is 0 Å². The molecular weight excluding hydrogens is 349 g/mol. The first-order valence-corrected chi connectivity index (χ1v) is 6.91. The number of benzene rings is 1. The minimum Gasteiger partial charge on any atom is -0.494 e. The molecule has 0 saturated heterocycles. The van der Waals surface area contributed by atoms with Crippen LogP contribution in [0.25, 0.3) is 0 Å². The van der Waals surface area contributed by atoms with Crippen LogP contribution in [0, 0.1) is 24.0 Å². The van der Waals surface area contributed by atoms with Gasteiger partial charge in [0.2, 0.25) is 0 Å². The zero-order chi connectivity index (χ0) is 16.4. The number of hydrogen-bond donors (Lipinski definition) is 2. The van der Waals surface area contributed by atoms with Crippen molar-refractivity contribution >= 4 is 29.8 Å². The zero-order valence-electron chi connectivity index (χ0n) is 12.5. The minimum atomic E-state index is -0.737. The number of hydrogen-bond acceptors (Lipinski definition) is 3. The van der Waals surface area contributed by atoms with E-state index in [0.29, 0.717) is 12.3 Å². The highest BCUT2D eigenvalue weighted by molar-refractivity contribution is 6.34. The molecule has 9 heteroatoms. The van der Waals surface area contributed by atoms with E-state index in [-0.39, 0.29) is 46.8 Å². The Bertz CT molecular complexity index is 711. The lowest BCUT2D eigenvalue weighted by atomic mass is 10.2. The lowest BCUT2D eigenvalue weighted by Crippen LogP contribution is -2.14. The van der Waals surface area contributed by atoms with Crippen LogP contribution in [0.4, 0.5) is 8.78 Å². The second-order valence-corrected chi connectivity index (χ2v) is 5.00. The van der Waals surface area contributed by atoms with Gasteiger partial charge in [-0.1, -0.05) is 11.6 Å². The molecule has 1 aromatic heterocycles. The number of rotatable bonds is 5. The predicted octanol–water partition coefficient (Wildman–Crippen LogP) is 3.28. The van der Waals surface area contributed by atoms with Crippen LogP contribution in [0.1, 0.15) is 23.9 Å². The molecule has 0 radical (unpaired) electrons. The first kappa shape index (κ1) is 19.2. The summed E-state index contributed by atoms with van der Waals surface area (Å²) in [6.07, 6.45) is 0. The van der Waals surface area contributed by atoms with Gasteiger partial charge in [0.1, 0.15) is 28.9 Å². The summed E-state index contributed by atoms with van der Waals surface area (Å²) in [5, 5.41) is 11.6. The summed E-state index contributed by atoms with van der Waals surface area (Å²) in [6.45, 7) is 3.51. The largest absolute Gasteiger partial charge is 0.494 e. The number of nitrogens with one attached hydrogen (secondary N) is 1. The van der Waals surface area contributed by atoms with Crippen molar-refractivity contribution in [1.29, 1.82) is 5.41 Å². The third-order valence-corrected chi connectivity index (χ3v) is 3.57. The van der Waals surface area contributed by atoms with Crippen molar-refractivity contribution in [1.82, 2.24) is 9.78 Å². The van der Waals surface area contributed by atoms with Gasteiger partial charge in [0.25, 0.3) is 0 Å². The van der Waals surface area contributed by atoms with Gasteiger partial charge in [-0.15, -0.1) is 12.4 Å². The Balaban J connectivity index is 0.00000264. The summed E-state index contributed by atoms with van der Waals surface area (Å²) in [4.78, 5) is 0. The van der Waals surface area contributed by atoms with Crippen molar-refractivity contribution in [2.24, 2.45) is 5.73 Å². The van der Waals surface area contributed by atoms with Gasteiger partial charge in [0, 0.05) is 17.7 Å². The van der Waals surface area contributed by atoms with Gasteiger partial charge in [0.05, 0.1) is 23.9 Å². The number of amidine groups is 1. The van der Waals surface area contributed by atoms with Crippen molar-refractivity contribution in [3.63, 3.8) is 0 Å². The molecule has 0 aliphatic heterocycles. The summed E-state index contributed by atoms with van der Waals surface area (Å²) >= 11 is 6.01. The fourth-order valence-electron chi connectivity index (χ4n) is 1.98. The molecule has 1 aromatic carbocycles. The molecule has 0 atom stereocenters. The van der Waals surface area contributed by atoms with E-state index in [1.54, 1.807) is 13.8 Å². The number of ether oxygens (including phenoxy) is 1. The van der Waals surface area contributed by atoms with Crippen LogP contribution in [0.5, 0.6) is 5.75 Å². The second kappa shape index (κ2) is 7.61. The van der Waals surface area contributed by atoms with Gasteiger partial charge in [-0.25, -0.2) is 8.78 Å². The Morgan fingerprint density at radius 1 is 1.39 bits per heavy atom. The van der Waals surface area contributed by atoms with E-state index in [2.05, 4.69) is 5.10 Å². The monoisotopic (exact) mass is 364 g/mol. The van der Waals surface area contributed by atoms with E-state index in [1.165, 1.54) is 4.68 Å². The molecule has 0 spiro atoms. The van der Waals surface area contributed by atoms with Crippen LogP contribution >= 0.6 is 24.0 Å². The summed E-state index contributed by atoms with van der Waals surface area (Å²) in [6, 6.07) is 2.24. The Kier molecular flexibility index (Phi) is 6.35. The molecule has 23 heavy (non-hydrogen) atoms. The summed E-state index contributed by atoms with van der Waals surface area (Å²) < 4.78 is 34.5. The lowest BCUT2D eigenvalue weighted by Gasteiger charge is -2.10. The SMILES string of the molecule is CCOc1cc(F)c(Cn2nc(C(=N)N)c(Cl)c2C)c(F)c1.Cl. The molecule has 2 aromatic rings. The average Bonchev–Trinajstić information content (AvgIpc) is 2.71. The van der Waals surface area contributed by atoms with Crippen molar-refractivity contribution in [2.45, 2.75) is 20.4 Å². The lowest BCUT2D eigenvalue weighted by molar-refractivity contribution is 0.335. The van der Waals surface area contributed by atoms with Crippen LogP contribution in [-0.2, 0) is 6.54 Å². The molecule has 0 aliphatic carbocycles. The molecule has 0 saturated carbocycles. The first-order valence-electron chi connectivity index (χ1n) is 6.53. The molecule has 0 amide bonds. The van der Waals surface area contributed by atoms with Crippen LogP contribution in [0.15, 0.2) is 12.1 Å². The third-order valence-electron chi connectivity index (χ3n) is 3.12. The number of halogens is 4. The first-order chi connectivity index (χ1) is 10.3. The van der Waals surface area contributed by atoms with E-state index in [4.69, 9.17) is 27.5 Å². The van der Waals surface area contributed by atoms with Crippen molar-refractivity contribution in [2.75, 3.05) is 6.61 Å². The van der Waals surface area contributed by atoms with Crippen molar-refractivity contribution < 1.29 is 13.5 Å². The Labute approximate surface area is 143 Å². The van der Waals surface area contributed by atoms with E-state index >= 15 is 0 Å². The topological polar surface area (TPSA) is 76.9 Å². The molecule has 0 unspecified atom stereocenters. The van der Waals surface area contributed by atoms with Crippen molar-refractivity contribution in [3.05, 3.63) is 45.7 Å². The standard InChI is InChI=1S/C14H15ClF2N4O.ClH/c1-3-22-8-4-10(16)9(11(17)5-8)6-21-7(2)12(15)13(20-21)14(18)19;/h4-5H,3,6H2,1-2H3,(H3,18,19);1H. The maximum Gasteiger partial charge on any atom is 0.145 e. The number of nitrogen functional groups attached to an aromatic ring is 1. The molecule has 3 N–H and O–H groups in total. The zero-order valence-corrected chi connectivity index (χ0v) is 14.1. The molecule has 126 valence electrons. The average molecular weight is 365 g/mol. The fraction of sp³-hybridized carbons (Fsp3) is 0.286. The van der Waals surface area contributed by atoms with Crippen molar-refractivity contribution in [3.8, 4) is 5.75 Å². The quantitative estimate of drug-likeness (QED) is 0.631. The van der Waals surface area contributed by atoms with Crippen LogP contribution in [-0.4, -0.2) is 22.2 Å². The highest BCUT2D eigenvalue weighted by Gasteiger charge is 2.18. The molecule has 1 heterocycles.